The molecule has 5 rings (SSSR count). The van der Waals surface area contributed by atoms with Crippen LogP contribution in [0.5, 0.6) is 11.5 Å². The SMILES string of the molecule is COc1cc2c(cc1OCCCN1CCN(C)CC1)=C1N=c3ccsc3=CN1CN=2. The number of hydrogen-bond donors (Lipinski definition) is 0. The fourth-order valence-electron chi connectivity index (χ4n) is 4.03. The maximum atomic E-state index is 6.16. The third-order valence-corrected chi connectivity index (χ3v) is 6.67. The minimum absolute atomic E-state index is 0.567. The lowest BCUT2D eigenvalue weighted by molar-refractivity contribution is 0.145. The predicted molar refractivity (Wildman–Crippen MR) is 118 cm³/mol. The zero-order chi connectivity index (χ0) is 20.5. The molecule has 3 aliphatic heterocycles. The molecule has 3 aliphatic rings. The Morgan fingerprint density at radius 2 is 1.97 bits per heavy atom. The maximum Gasteiger partial charge on any atom is 0.162 e. The third kappa shape index (κ3) is 3.82. The molecule has 0 aliphatic carbocycles. The van der Waals surface area contributed by atoms with E-state index >= 15 is 0 Å². The maximum absolute atomic E-state index is 6.16. The highest BCUT2D eigenvalue weighted by Crippen LogP contribution is 2.24. The van der Waals surface area contributed by atoms with Gasteiger partial charge in [0.1, 0.15) is 12.5 Å². The second-order valence-corrected chi connectivity index (χ2v) is 8.82. The molecule has 1 fully saturated rings. The molecule has 0 radical (unpaired) electrons. The number of likely N-dealkylation sites (N-methyl/N-ethyl adjacent to an activating group) is 1. The molecule has 8 heteroatoms. The van der Waals surface area contributed by atoms with Crippen molar-refractivity contribution in [2.75, 3.05) is 60.2 Å². The van der Waals surface area contributed by atoms with Crippen molar-refractivity contribution in [2.45, 2.75) is 6.42 Å². The van der Waals surface area contributed by atoms with Crippen molar-refractivity contribution in [3.05, 3.63) is 44.0 Å². The molecule has 1 saturated heterocycles. The number of ether oxygens (including phenoxy) is 2. The van der Waals surface area contributed by atoms with E-state index in [1.54, 1.807) is 18.4 Å². The van der Waals surface area contributed by atoms with Crippen molar-refractivity contribution in [3.63, 3.8) is 0 Å². The number of rotatable bonds is 6. The summed E-state index contributed by atoms with van der Waals surface area (Å²) >= 11 is 1.70. The first kappa shape index (κ1) is 19.5. The lowest BCUT2D eigenvalue weighted by Crippen LogP contribution is -2.44. The number of hydrogen-bond acceptors (Lipinski definition) is 8. The Morgan fingerprint density at radius 3 is 2.80 bits per heavy atom. The van der Waals surface area contributed by atoms with Gasteiger partial charge in [0.05, 0.1) is 29.0 Å². The van der Waals surface area contributed by atoms with Crippen LogP contribution in [-0.2, 0) is 0 Å². The summed E-state index contributed by atoms with van der Waals surface area (Å²) in [5, 5.41) is 4.98. The first-order valence-electron chi connectivity index (χ1n) is 10.4. The summed E-state index contributed by atoms with van der Waals surface area (Å²) in [5.74, 6) is 2.41. The van der Waals surface area contributed by atoms with Crippen LogP contribution in [0.2, 0.25) is 0 Å². The van der Waals surface area contributed by atoms with Gasteiger partial charge in [0, 0.05) is 50.2 Å². The number of thiophene rings is 1. The number of piperazine rings is 1. The quantitative estimate of drug-likeness (QED) is 0.601. The number of nitrogens with zero attached hydrogens (tertiary/aromatic N) is 5. The van der Waals surface area contributed by atoms with Crippen molar-refractivity contribution in [1.29, 1.82) is 0 Å². The average Bonchev–Trinajstić information content (AvgIpc) is 3.23. The Bertz CT molecular complexity index is 1170. The zero-order valence-corrected chi connectivity index (χ0v) is 18.3. The second kappa shape index (κ2) is 8.37. The van der Waals surface area contributed by atoms with Crippen molar-refractivity contribution >= 4 is 23.4 Å². The van der Waals surface area contributed by atoms with Crippen molar-refractivity contribution < 1.29 is 9.47 Å². The predicted octanol–water partition coefficient (Wildman–Crippen LogP) is -0.197. The van der Waals surface area contributed by atoms with Gasteiger partial charge in [-0.05, 0) is 31.0 Å². The number of fused-ring (bicyclic) bond motifs is 3. The van der Waals surface area contributed by atoms with E-state index in [1.165, 1.54) is 4.53 Å². The highest BCUT2D eigenvalue weighted by molar-refractivity contribution is 7.07. The van der Waals surface area contributed by atoms with Gasteiger partial charge in [-0.3, -0.25) is 4.99 Å². The largest absolute Gasteiger partial charge is 0.493 e. The molecule has 0 bridgehead atoms. The Hall–Kier alpha value is -2.42. The van der Waals surface area contributed by atoms with Gasteiger partial charge in [-0.1, -0.05) is 0 Å². The Kier molecular flexibility index (Phi) is 5.45. The van der Waals surface area contributed by atoms with Gasteiger partial charge in [-0.15, -0.1) is 11.3 Å². The fourth-order valence-corrected chi connectivity index (χ4v) is 4.80. The Morgan fingerprint density at radius 1 is 1.10 bits per heavy atom. The van der Waals surface area contributed by atoms with Crippen LogP contribution in [0, 0.1) is 0 Å². The van der Waals surface area contributed by atoms with Gasteiger partial charge in [-0.25, -0.2) is 4.99 Å². The minimum Gasteiger partial charge on any atom is -0.493 e. The normalized spacial score (nSPS) is 18.5. The molecule has 0 spiro atoms. The van der Waals surface area contributed by atoms with Crippen LogP contribution in [0.4, 0.5) is 0 Å². The van der Waals surface area contributed by atoms with Crippen molar-refractivity contribution in [1.82, 2.24) is 14.7 Å². The first-order valence-corrected chi connectivity index (χ1v) is 11.3. The smallest absolute Gasteiger partial charge is 0.162 e. The summed E-state index contributed by atoms with van der Waals surface area (Å²) in [6.45, 7) is 6.85. The molecule has 2 aromatic rings. The molecular formula is C22H27N5O2S. The van der Waals surface area contributed by atoms with E-state index in [0.29, 0.717) is 13.3 Å². The van der Waals surface area contributed by atoms with Gasteiger partial charge in [0.15, 0.2) is 11.5 Å². The summed E-state index contributed by atoms with van der Waals surface area (Å²) in [5.41, 5.74) is 0. The monoisotopic (exact) mass is 425 g/mol. The molecule has 1 aromatic carbocycles. The molecule has 0 amide bonds. The second-order valence-electron chi connectivity index (χ2n) is 7.87. The number of benzene rings is 1. The molecular weight excluding hydrogens is 398 g/mol. The lowest BCUT2D eigenvalue weighted by Gasteiger charge is -2.32. The van der Waals surface area contributed by atoms with Crippen LogP contribution in [-0.4, -0.2) is 74.9 Å². The average molecular weight is 426 g/mol. The highest BCUT2D eigenvalue weighted by Gasteiger charge is 2.18. The molecule has 30 heavy (non-hydrogen) atoms. The Labute approximate surface area is 179 Å². The lowest BCUT2D eigenvalue weighted by atomic mass is 10.2. The molecule has 1 aromatic heterocycles. The van der Waals surface area contributed by atoms with Crippen LogP contribution in [0.3, 0.4) is 0 Å². The third-order valence-electron chi connectivity index (χ3n) is 5.83. The van der Waals surface area contributed by atoms with Crippen LogP contribution < -0.4 is 29.9 Å². The summed E-state index contributed by atoms with van der Waals surface area (Å²) < 4.78 is 12.9. The van der Waals surface area contributed by atoms with E-state index in [-0.39, 0.29) is 0 Å². The van der Waals surface area contributed by atoms with Crippen molar-refractivity contribution in [3.8, 4) is 11.5 Å². The van der Waals surface area contributed by atoms with Gasteiger partial charge < -0.3 is 24.2 Å². The van der Waals surface area contributed by atoms with Gasteiger partial charge in [0.2, 0.25) is 0 Å². The first-order chi connectivity index (χ1) is 14.7. The van der Waals surface area contributed by atoms with Crippen molar-refractivity contribution in [2.24, 2.45) is 9.98 Å². The topological polar surface area (TPSA) is 52.9 Å². The van der Waals surface area contributed by atoms with Gasteiger partial charge >= 0.3 is 0 Å². The molecule has 0 saturated carbocycles. The summed E-state index contributed by atoms with van der Waals surface area (Å²) in [7, 11) is 3.86. The molecule has 0 unspecified atom stereocenters. The number of methoxy groups -OCH3 is 1. The molecule has 0 atom stereocenters. The molecule has 4 heterocycles. The van der Waals surface area contributed by atoms with E-state index in [0.717, 1.165) is 72.4 Å². The summed E-state index contributed by atoms with van der Waals surface area (Å²) in [6.07, 6.45) is 3.13. The van der Waals surface area contributed by atoms with Gasteiger partial charge in [-0.2, -0.15) is 0 Å². The molecule has 158 valence electrons. The van der Waals surface area contributed by atoms with Crippen LogP contribution >= 0.6 is 11.3 Å². The fraction of sp³-hybridized carbons (Fsp3) is 0.455. The summed E-state index contributed by atoms with van der Waals surface area (Å²) in [4.78, 5) is 16.6. The molecule has 7 nitrogen and oxygen atoms in total. The Balaban J connectivity index is 1.37. The highest BCUT2D eigenvalue weighted by atomic mass is 32.1. The molecule has 0 N–H and O–H groups in total. The van der Waals surface area contributed by atoms with Crippen LogP contribution in [0.1, 0.15) is 6.42 Å². The van der Waals surface area contributed by atoms with E-state index in [1.807, 2.05) is 12.1 Å². The zero-order valence-electron chi connectivity index (χ0n) is 17.5. The van der Waals surface area contributed by atoms with Gasteiger partial charge in [0.25, 0.3) is 0 Å². The van der Waals surface area contributed by atoms with E-state index in [4.69, 9.17) is 19.5 Å². The van der Waals surface area contributed by atoms with Crippen LogP contribution in [0.25, 0.3) is 12.0 Å². The van der Waals surface area contributed by atoms with E-state index in [9.17, 15) is 0 Å². The van der Waals surface area contributed by atoms with E-state index in [2.05, 4.69) is 39.4 Å². The minimum atomic E-state index is 0.567. The standard InChI is InChI=1S/C22H27N5O2S/c1-25-6-8-26(9-7-25)5-3-10-29-20-12-16-18(13-19(20)28-2)23-15-27-14-21-17(4-11-30-21)24-22(16)27/h4,11-14H,3,5-10,15H2,1-2H3. The van der Waals surface area contributed by atoms with Crippen LogP contribution in [0.15, 0.2) is 33.6 Å². The summed E-state index contributed by atoms with van der Waals surface area (Å²) in [6, 6.07) is 6.06. The van der Waals surface area contributed by atoms with E-state index < -0.39 is 0 Å².